The first-order chi connectivity index (χ1) is 24.9. The number of rotatable bonds is 11. The molecule has 6 rings (SSSR count). The van der Waals surface area contributed by atoms with Crippen LogP contribution in [0.4, 0.5) is 0 Å². The molecular formula is C40H50N6O6. The summed E-state index contributed by atoms with van der Waals surface area (Å²) in [6.07, 6.45) is 8.90. The molecule has 0 fully saturated rings. The van der Waals surface area contributed by atoms with Crippen molar-refractivity contribution in [2.75, 3.05) is 20.3 Å². The first-order valence-electron chi connectivity index (χ1n) is 18.5. The summed E-state index contributed by atoms with van der Waals surface area (Å²) in [4.78, 5) is 71.5. The van der Waals surface area contributed by atoms with E-state index in [1.807, 2.05) is 46.8 Å². The van der Waals surface area contributed by atoms with E-state index in [2.05, 4.69) is 37.3 Å². The van der Waals surface area contributed by atoms with Gasteiger partial charge in [0.25, 0.3) is 11.8 Å². The Morgan fingerprint density at radius 3 is 2.35 bits per heavy atom. The van der Waals surface area contributed by atoms with Crippen LogP contribution in [-0.4, -0.2) is 65.3 Å². The van der Waals surface area contributed by atoms with E-state index in [4.69, 9.17) is 29.4 Å². The van der Waals surface area contributed by atoms with Gasteiger partial charge in [-0.1, -0.05) is 34.6 Å². The first kappa shape index (κ1) is 37.1. The molecule has 1 aromatic rings. The number of allylic oxidation sites excluding steroid dienone is 7. The van der Waals surface area contributed by atoms with Crippen molar-refractivity contribution < 1.29 is 28.8 Å². The smallest absolute Gasteiger partial charge is 0.305 e. The van der Waals surface area contributed by atoms with Gasteiger partial charge in [0.2, 0.25) is 0 Å². The molecule has 1 aromatic heterocycles. The van der Waals surface area contributed by atoms with Crippen LogP contribution in [0.2, 0.25) is 0 Å². The van der Waals surface area contributed by atoms with E-state index in [-0.39, 0.29) is 48.2 Å². The lowest BCUT2D eigenvalue weighted by Gasteiger charge is -2.26. The number of nitrogens with one attached hydrogen (secondary N) is 2. The SMILES string of the molecule is CCCONC(C)=C1C2=NC(=C1C)C=C1N=C(C3=c4[nH]c(c(C)c4C(=O)N(OCCC)C3=O)=CC3=NC(=C2)[C@H](C)[C@H]3CC)[C@@H](CCC(=O)OC)[C@@H]1C. The molecule has 2 N–H and O–H groups in total. The highest BCUT2D eigenvalue weighted by atomic mass is 16.7. The monoisotopic (exact) mass is 710 g/mol. The summed E-state index contributed by atoms with van der Waals surface area (Å²) in [7, 11) is 1.36. The van der Waals surface area contributed by atoms with E-state index in [1.165, 1.54) is 7.11 Å². The summed E-state index contributed by atoms with van der Waals surface area (Å²) in [6.45, 7) is 17.0. The second kappa shape index (κ2) is 15.1. The van der Waals surface area contributed by atoms with Crippen LogP contribution in [0.3, 0.4) is 0 Å². The zero-order valence-electron chi connectivity index (χ0n) is 31.7. The van der Waals surface area contributed by atoms with Crippen LogP contribution < -0.4 is 16.2 Å². The maximum Gasteiger partial charge on any atom is 0.305 e. The molecule has 52 heavy (non-hydrogen) atoms. The molecule has 8 bridgehead atoms. The predicted octanol–water partition coefficient (Wildman–Crippen LogP) is 5.07. The van der Waals surface area contributed by atoms with Crippen molar-refractivity contribution in [3.8, 4) is 0 Å². The van der Waals surface area contributed by atoms with Crippen LogP contribution in [0.15, 0.2) is 61.1 Å². The summed E-state index contributed by atoms with van der Waals surface area (Å²) >= 11 is 0. The van der Waals surface area contributed by atoms with Crippen LogP contribution in [-0.2, 0) is 24.0 Å². The van der Waals surface area contributed by atoms with E-state index in [0.717, 1.165) is 57.6 Å². The molecule has 0 unspecified atom stereocenters. The van der Waals surface area contributed by atoms with Gasteiger partial charge in [-0.05, 0) is 75.8 Å². The number of ether oxygens (including phenoxy) is 1. The van der Waals surface area contributed by atoms with Gasteiger partial charge in [0, 0.05) is 63.8 Å². The van der Waals surface area contributed by atoms with Crippen molar-refractivity contribution in [1.82, 2.24) is 15.5 Å². The number of carbonyl (C=O) groups excluding carboxylic acids is 3. The second-order valence-electron chi connectivity index (χ2n) is 14.1. The van der Waals surface area contributed by atoms with Crippen LogP contribution in [0.5, 0.6) is 0 Å². The van der Waals surface area contributed by atoms with Gasteiger partial charge < -0.3 is 9.72 Å². The molecule has 12 nitrogen and oxygen atoms in total. The maximum absolute atomic E-state index is 14.5. The third kappa shape index (κ3) is 6.47. The number of nitrogens with zero attached hydrogens (tertiary/aromatic N) is 4. The highest BCUT2D eigenvalue weighted by Crippen LogP contribution is 2.41. The molecule has 6 heterocycles. The number of H-pyrrole nitrogens is 1. The standard InChI is InChI=1S/C40H50N6O6/c1-10-15-51-45-24(8)34-22(6)29-17-28-21(5)26(13-14-33(47)50-9)37(43-28)36-38-35(39(48)46(40(36)49)52-16-11-2)23(7)30(44-38)18-31-25(12-3)20(4)27(41-31)19-32(34)42-29/h17-21,25-26,44-45H,10-16H2,1-9H3/t20-,21+,25-,26+/m1/s1. The van der Waals surface area contributed by atoms with Gasteiger partial charge in [-0.15, -0.1) is 5.06 Å². The minimum Gasteiger partial charge on any atom is -0.469 e. The normalized spacial score (nSPS) is 24.8. The summed E-state index contributed by atoms with van der Waals surface area (Å²) in [6, 6.07) is 0. The topological polar surface area (TPSA) is 147 Å². The lowest BCUT2D eigenvalue weighted by Crippen LogP contribution is -2.48. The minimum absolute atomic E-state index is 0.105. The number of imide groups is 1. The van der Waals surface area contributed by atoms with Crippen molar-refractivity contribution in [3.63, 3.8) is 0 Å². The first-order valence-corrected chi connectivity index (χ1v) is 18.5. The van der Waals surface area contributed by atoms with Crippen molar-refractivity contribution >= 4 is 46.6 Å². The molecule has 0 saturated heterocycles. The van der Waals surface area contributed by atoms with Crippen molar-refractivity contribution in [2.45, 2.75) is 87.5 Å². The van der Waals surface area contributed by atoms with E-state index < -0.39 is 11.8 Å². The number of aliphatic imine (C=N–C) groups is 3. The summed E-state index contributed by atoms with van der Waals surface area (Å²) in [5.41, 5.74) is 11.7. The average Bonchev–Trinajstić information content (AvgIpc) is 3.80. The molecule has 0 radical (unpaired) electrons. The molecule has 5 aliphatic heterocycles. The molecule has 4 atom stereocenters. The number of carbonyl (C=O) groups is 3. The highest BCUT2D eigenvalue weighted by Gasteiger charge is 2.44. The van der Waals surface area contributed by atoms with Crippen LogP contribution in [0.1, 0.15) is 96.5 Å². The van der Waals surface area contributed by atoms with Gasteiger partial charge in [-0.2, -0.15) is 0 Å². The van der Waals surface area contributed by atoms with Gasteiger partial charge in [0.15, 0.2) is 0 Å². The van der Waals surface area contributed by atoms with E-state index in [9.17, 15) is 14.4 Å². The minimum atomic E-state index is -0.589. The van der Waals surface area contributed by atoms with Gasteiger partial charge >= 0.3 is 5.97 Å². The Morgan fingerprint density at radius 1 is 0.942 bits per heavy atom. The number of hydrogen-bond acceptors (Lipinski definition) is 10. The lowest BCUT2D eigenvalue weighted by molar-refractivity contribution is -0.163. The molecule has 0 spiro atoms. The number of aromatic nitrogens is 1. The average molecular weight is 711 g/mol. The fraction of sp³-hybridized carbons (Fsp3) is 0.500. The number of amides is 2. The largest absolute Gasteiger partial charge is 0.469 e. The van der Waals surface area contributed by atoms with Crippen molar-refractivity contribution in [2.24, 2.45) is 38.6 Å². The number of methoxy groups -OCH3 is 1. The number of aromatic amines is 1. The summed E-state index contributed by atoms with van der Waals surface area (Å²) < 4.78 is 5.01. The lowest BCUT2D eigenvalue weighted by atomic mass is 9.82. The van der Waals surface area contributed by atoms with Crippen LogP contribution in [0.25, 0.3) is 11.6 Å². The summed E-state index contributed by atoms with van der Waals surface area (Å²) in [5, 5.41) is 1.98. The molecule has 0 saturated carbocycles. The second-order valence-corrected chi connectivity index (χ2v) is 14.1. The molecule has 2 amide bonds. The number of esters is 1. The zero-order chi connectivity index (χ0) is 37.4. The molecule has 12 heteroatoms. The molecule has 0 aromatic carbocycles. The number of hydrogen-bond donors (Lipinski definition) is 2. The Bertz CT molecular complexity index is 2060. The third-order valence-electron chi connectivity index (χ3n) is 10.7. The Kier molecular flexibility index (Phi) is 10.8. The molecule has 0 aliphatic carbocycles. The zero-order valence-corrected chi connectivity index (χ0v) is 31.7. The molecule has 5 aliphatic rings. The predicted molar refractivity (Wildman–Crippen MR) is 200 cm³/mol. The van der Waals surface area contributed by atoms with Crippen molar-refractivity contribution in [1.29, 1.82) is 0 Å². The Morgan fingerprint density at radius 2 is 1.65 bits per heavy atom. The fourth-order valence-electron chi connectivity index (χ4n) is 7.80. The van der Waals surface area contributed by atoms with E-state index in [1.54, 1.807) is 0 Å². The molecule has 276 valence electrons. The van der Waals surface area contributed by atoms with Gasteiger partial charge in [-0.25, -0.2) is 4.99 Å². The van der Waals surface area contributed by atoms with Gasteiger partial charge in [0.05, 0.1) is 53.9 Å². The Labute approximate surface area is 304 Å². The van der Waals surface area contributed by atoms with Crippen LogP contribution >= 0.6 is 0 Å². The number of fused-ring (bicyclic) bond motifs is 5. The Hall–Kier alpha value is -4.68. The highest BCUT2D eigenvalue weighted by molar-refractivity contribution is 6.46. The summed E-state index contributed by atoms with van der Waals surface area (Å²) in [5.74, 6) is -1.78. The Balaban J connectivity index is 1.67. The van der Waals surface area contributed by atoms with Gasteiger partial charge in [-0.3, -0.25) is 39.5 Å². The maximum atomic E-state index is 14.5. The quantitative estimate of drug-likeness (QED) is 0.141. The van der Waals surface area contributed by atoms with Crippen molar-refractivity contribution in [3.05, 3.63) is 67.9 Å². The van der Waals surface area contributed by atoms with E-state index >= 15 is 0 Å². The third-order valence-corrected chi connectivity index (χ3v) is 10.7. The number of hydroxylamine groups is 3. The van der Waals surface area contributed by atoms with Gasteiger partial charge in [0.1, 0.15) is 0 Å². The van der Waals surface area contributed by atoms with Crippen LogP contribution in [0, 0.1) is 30.6 Å². The molecular weight excluding hydrogens is 660 g/mol. The fourth-order valence-corrected chi connectivity index (χ4v) is 7.80. The van der Waals surface area contributed by atoms with E-state index in [0.29, 0.717) is 52.7 Å².